The first-order valence-corrected chi connectivity index (χ1v) is 17.6. The number of aryl methyl sites for hydroxylation is 1. The summed E-state index contributed by atoms with van der Waals surface area (Å²) in [6.07, 6.45) is 5.04. The molecule has 0 heterocycles. The molecule has 4 aromatic carbocycles. The van der Waals surface area contributed by atoms with E-state index in [0.29, 0.717) is 0 Å². The minimum absolute atomic E-state index is 0.0133. The number of amides is 2. The lowest BCUT2D eigenvalue weighted by Crippen LogP contribution is -2.55. The van der Waals surface area contributed by atoms with E-state index in [4.69, 9.17) is 0 Å². The predicted octanol–water partition coefficient (Wildman–Crippen LogP) is 6.19. The van der Waals surface area contributed by atoms with Gasteiger partial charge in [-0.15, -0.1) is 0 Å². The van der Waals surface area contributed by atoms with E-state index < -0.39 is 33.4 Å². The van der Waals surface area contributed by atoms with Crippen molar-refractivity contribution in [3.63, 3.8) is 0 Å². The number of carbonyl (C=O) groups excluding carboxylic acids is 2. The van der Waals surface area contributed by atoms with Crippen LogP contribution in [-0.4, -0.2) is 48.7 Å². The van der Waals surface area contributed by atoms with E-state index in [1.807, 2.05) is 61.5 Å². The van der Waals surface area contributed by atoms with Gasteiger partial charge in [-0.05, 0) is 49.1 Å². The highest BCUT2D eigenvalue weighted by Gasteiger charge is 2.35. The quantitative estimate of drug-likeness (QED) is 0.134. The molecule has 1 N–H and O–H groups in total. The molecule has 1 saturated carbocycles. The van der Waals surface area contributed by atoms with E-state index in [2.05, 4.69) is 5.32 Å². The van der Waals surface area contributed by atoms with Gasteiger partial charge in [0.1, 0.15) is 12.6 Å². The van der Waals surface area contributed by atoms with E-state index in [1.165, 1.54) is 35.2 Å². The molecule has 0 bridgehead atoms. The van der Waals surface area contributed by atoms with Gasteiger partial charge in [-0.2, -0.15) is 0 Å². The van der Waals surface area contributed by atoms with Gasteiger partial charge in [-0.1, -0.05) is 104 Å². The minimum Gasteiger partial charge on any atom is -0.352 e. The number of rotatable bonds is 13. The molecular formula is C37H40N4O6S. The number of nitro benzene ring substituents is 1. The summed E-state index contributed by atoms with van der Waals surface area (Å²) in [5.41, 5.74) is 2.28. The van der Waals surface area contributed by atoms with Crippen molar-refractivity contribution in [1.29, 1.82) is 0 Å². The van der Waals surface area contributed by atoms with Crippen molar-refractivity contribution in [3.8, 4) is 0 Å². The van der Waals surface area contributed by atoms with Crippen LogP contribution in [-0.2, 0) is 32.6 Å². The number of hydrogen-bond acceptors (Lipinski definition) is 6. The SMILES string of the molecule is Cc1ccc(CN(C(=O)CN(c2cccc([N+](=O)[O-])c2)S(=O)(=O)c2ccccc2)C(Cc2ccccc2)C(=O)NC2CCCCC2)cc1. The standard InChI is InChI=1S/C37H40N4O6S/c1-28-20-22-30(23-21-28)26-39(35(24-29-12-5-2-6-13-29)37(43)38-31-14-7-3-8-15-31)36(42)27-40(32-16-11-17-33(25-32)41(44)45)48(46,47)34-18-9-4-10-19-34/h2,4-6,9-13,16-23,25,31,35H,3,7-8,14-15,24,26-27H2,1H3,(H,38,43). The summed E-state index contributed by atoms with van der Waals surface area (Å²) in [5, 5.41) is 14.9. The zero-order valence-electron chi connectivity index (χ0n) is 26.9. The van der Waals surface area contributed by atoms with Crippen LogP contribution in [0.25, 0.3) is 0 Å². The topological polar surface area (TPSA) is 130 Å². The molecule has 1 fully saturated rings. The highest BCUT2D eigenvalue weighted by atomic mass is 32.2. The number of nitrogens with zero attached hydrogens (tertiary/aromatic N) is 3. The maximum atomic E-state index is 14.6. The molecule has 5 rings (SSSR count). The van der Waals surface area contributed by atoms with E-state index in [9.17, 15) is 28.1 Å². The largest absolute Gasteiger partial charge is 0.352 e. The Morgan fingerprint density at radius 2 is 1.50 bits per heavy atom. The van der Waals surface area contributed by atoms with Crippen LogP contribution in [0.3, 0.4) is 0 Å². The molecule has 1 atom stereocenters. The van der Waals surface area contributed by atoms with Crippen LogP contribution >= 0.6 is 0 Å². The van der Waals surface area contributed by atoms with E-state index in [-0.39, 0.29) is 41.2 Å². The van der Waals surface area contributed by atoms with E-state index in [0.717, 1.165) is 59.2 Å². The number of benzene rings is 4. The molecular weight excluding hydrogens is 628 g/mol. The normalized spacial score (nSPS) is 14.1. The second kappa shape index (κ2) is 15.7. The highest BCUT2D eigenvalue weighted by molar-refractivity contribution is 7.92. The fourth-order valence-corrected chi connectivity index (χ4v) is 7.43. The molecule has 4 aromatic rings. The summed E-state index contributed by atoms with van der Waals surface area (Å²) in [6.45, 7) is 1.31. The second-order valence-electron chi connectivity index (χ2n) is 12.2. The molecule has 2 amide bonds. The molecule has 11 heteroatoms. The molecule has 1 aliphatic rings. The highest BCUT2D eigenvalue weighted by Crippen LogP contribution is 2.28. The van der Waals surface area contributed by atoms with Crippen molar-refractivity contribution in [2.45, 2.75) is 69.0 Å². The van der Waals surface area contributed by atoms with Gasteiger partial charge in [0.2, 0.25) is 11.8 Å². The van der Waals surface area contributed by atoms with Gasteiger partial charge in [0.25, 0.3) is 15.7 Å². The number of sulfonamides is 1. The molecule has 250 valence electrons. The smallest absolute Gasteiger partial charge is 0.271 e. The lowest BCUT2D eigenvalue weighted by molar-refractivity contribution is -0.384. The zero-order chi connectivity index (χ0) is 34.1. The molecule has 1 unspecified atom stereocenters. The Balaban J connectivity index is 1.57. The zero-order valence-corrected chi connectivity index (χ0v) is 27.7. The van der Waals surface area contributed by atoms with Crippen molar-refractivity contribution >= 4 is 33.2 Å². The molecule has 48 heavy (non-hydrogen) atoms. The van der Waals surface area contributed by atoms with Crippen molar-refractivity contribution in [3.05, 3.63) is 136 Å². The van der Waals surface area contributed by atoms with Crippen LogP contribution < -0.4 is 9.62 Å². The molecule has 10 nitrogen and oxygen atoms in total. The Hall–Kier alpha value is -5.03. The minimum atomic E-state index is -4.37. The lowest BCUT2D eigenvalue weighted by atomic mass is 9.94. The van der Waals surface area contributed by atoms with E-state index in [1.54, 1.807) is 18.2 Å². The van der Waals surface area contributed by atoms with Gasteiger partial charge in [-0.25, -0.2) is 8.42 Å². The lowest BCUT2D eigenvalue weighted by Gasteiger charge is -2.35. The summed E-state index contributed by atoms with van der Waals surface area (Å²) in [7, 11) is -4.37. The van der Waals surface area contributed by atoms with Crippen molar-refractivity contribution in [2.24, 2.45) is 0 Å². The third kappa shape index (κ3) is 8.65. The first-order chi connectivity index (χ1) is 23.1. The monoisotopic (exact) mass is 668 g/mol. The van der Waals surface area contributed by atoms with Crippen molar-refractivity contribution in [2.75, 3.05) is 10.8 Å². The number of hydrogen-bond donors (Lipinski definition) is 1. The number of anilines is 1. The average Bonchev–Trinajstić information content (AvgIpc) is 3.10. The Morgan fingerprint density at radius 1 is 0.854 bits per heavy atom. The van der Waals surface area contributed by atoms with Crippen molar-refractivity contribution < 1.29 is 22.9 Å². The van der Waals surface area contributed by atoms with Crippen LogP contribution in [0.1, 0.15) is 48.8 Å². The number of carbonyl (C=O) groups is 2. The molecule has 1 aliphatic carbocycles. The third-order valence-electron chi connectivity index (χ3n) is 8.63. The van der Waals surface area contributed by atoms with Gasteiger partial charge in [0.15, 0.2) is 0 Å². The average molecular weight is 669 g/mol. The number of non-ortho nitro benzene ring substituents is 1. The number of nitrogens with one attached hydrogen (secondary N) is 1. The summed E-state index contributed by atoms with van der Waals surface area (Å²) >= 11 is 0. The Morgan fingerprint density at radius 3 is 2.15 bits per heavy atom. The van der Waals surface area contributed by atoms with Gasteiger partial charge in [-0.3, -0.25) is 24.0 Å². The van der Waals surface area contributed by atoms with Crippen LogP contribution in [0.5, 0.6) is 0 Å². The van der Waals surface area contributed by atoms with Crippen LogP contribution in [0, 0.1) is 17.0 Å². The second-order valence-corrected chi connectivity index (χ2v) is 14.0. The van der Waals surface area contributed by atoms with Gasteiger partial charge >= 0.3 is 0 Å². The Kier molecular flexibility index (Phi) is 11.2. The van der Waals surface area contributed by atoms with Crippen LogP contribution in [0.4, 0.5) is 11.4 Å². The van der Waals surface area contributed by atoms with Gasteiger partial charge in [0.05, 0.1) is 15.5 Å². The number of nitro groups is 1. The molecule has 0 aromatic heterocycles. The summed E-state index contributed by atoms with van der Waals surface area (Å²) in [5.74, 6) is -0.930. The van der Waals surface area contributed by atoms with Crippen LogP contribution in [0.2, 0.25) is 0 Å². The first-order valence-electron chi connectivity index (χ1n) is 16.1. The maximum absolute atomic E-state index is 14.6. The third-order valence-corrected chi connectivity index (χ3v) is 10.4. The Bertz CT molecular complexity index is 1810. The molecule has 0 aliphatic heterocycles. The van der Waals surface area contributed by atoms with E-state index >= 15 is 0 Å². The summed E-state index contributed by atoms with van der Waals surface area (Å²) in [4.78, 5) is 41.2. The fourth-order valence-electron chi connectivity index (χ4n) is 6.00. The predicted molar refractivity (Wildman–Crippen MR) is 185 cm³/mol. The maximum Gasteiger partial charge on any atom is 0.271 e. The molecule has 0 radical (unpaired) electrons. The van der Waals surface area contributed by atoms with Crippen LogP contribution in [0.15, 0.2) is 114 Å². The van der Waals surface area contributed by atoms with Gasteiger partial charge < -0.3 is 10.2 Å². The molecule has 0 saturated heterocycles. The summed E-state index contributed by atoms with van der Waals surface area (Å²) in [6, 6.07) is 28.8. The van der Waals surface area contributed by atoms with Crippen molar-refractivity contribution in [1.82, 2.24) is 10.2 Å². The molecule has 0 spiro atoms. The fraction of sp³-hybridized carbons (Fsp3) is 0.297. The summed E-state index contributed by atoms with van der Waals surface area (Å²) < 4.78 is 29.1. The Labute approximate surface area is 281 Å². The van der Waals surface area contributed by atoms with Gasteiger partial charge in [0, 0.05) is 31.1 Å². The first kappa shape index (κ1) is 34.3.